The highest BCUT2D eigenvalue weighted by Gasteiger charge is 2.56. The Morgan fingerprint density at radius 1 is 1.15 bits per heavy atom. The van der Waals surface area contributed by atoms with E-state index in [1.54, 1.807) is 29.2 Å². The third kappa shape index (κ3) is 4.53. The highest BCUT2D eigenvalue weighted by atomic mass is 19.4. The number of carbonyl (C=O) groups is 2. The maximum Gasteiger partial charge on any atom is 0.426 e. The second-order valence-electron chi connectivity index (χ2n) is 8.15. The number of rotatable bonds is 5. The van der Waals surface area contributed by atoms with Crippen LogP contribution in [-0.2, 0) is 4.79 Å². The lowest BCUT2D eigenvalue weighted by atomic mass is 9.90. The molecule has 1 saturated carbocycles. The van der Waals surface area contributed by atoms with Gasteiger partial charge >= 0.3 is 6.18 Å². The van der Waals surface area contributed by atoms with Gasteiger partial charge in [0.15, 0.2) is 5.69 Å². The molecule has 1 fully saturated rings. The van der Waals surface area contributed by atoms with Gasteiger partial charge in [-0.2, -0.15) is 13.2 Å². The Morgan fingerprint density at radius 2 is 1.82 bits per heavy atom. The molecule has 10 nitrogen and oxygen atoms in total. The Labute approximate surface area is 185 Å². The molecule has 0 spiro atoms. The number of halogens is 3. The van der Waals surface area contributed by atoms with E-state index < -0.39 is 29.6 Å². The average molecular weight is 465 g/mol. The van der Waals surface area contributed by atoms with Crippen LogP contribution in [0.25, 0.3) is 17.0 Å². The number of nitrogens with zero attached hydrogens (tertiary/aromatic N) is 4. The summed E-state index contributed by atoms with van der Waals surface area (Å²) in [6, 6.07) is 0.949. The molecule has 2 amide bonds. The highest BCUT2D eigenvalue weighted by molar-refractivity contribution is 6.03. The van der Waals surface area contributed by atoms with E-state index in [1.807, 2.05) is 0 Å². The number of hydrogen-bond donors (Lipinski definition) is 4. The molecule has 4 N–H and O–H groups in total. The Kier molecular flexibility index (Phi) is 5.82. The Hall–Kier alpha value is -3.48. The third-order valence-electron chi connectivity index (χ3n) is 5.74. The lowest BCUT2D eigenvalue weighted by molar-refractivity contribution is -0.245. The first-order chi connectivity index (χ1) is 15.6. The van der Waals surface area contributed by atoms with Crippen LogP contribution in [0.4, 0.5) is 13.2 Å². The SMILES string of the molecule is C[C@](O)(C(=O)NC1CCC(NC(=O)c2nc(-n3ccnc3)nc3cc[nH]c23)CC1)C(F)(F)F. The van der Waals surface area contributed by atoms with Gasteiger partial charge in [0, 0.05) is 30.7 Å². The zero-order valence-corrected chi connectivity index (χ0v) is 17.6. The van der Waals surface area contributed by atoms with Gasteiger partial charge in [-0.3, -0.25) is 14.2 Å². The van der Waals surface area contributed by atoms with Gasteiger partial charge < -0.3 is 20.7 Å². The molecule has 0 aromatic carbocycles. The largest absolute Gasteiger partial charge is 0.426 e. The van der Waals surface area contributed by atoms with Crippen LogP contribution >= 0.6 is 0 Å². The molecule has 33 heavy (non-hydrogen) atoms. The second kappa shape index (κ2) is 8.46. The summed E-state index contributed by atoms with van der Waals surface area (Å²) in [6.45, 7) is 0.426. The fourth-order valence-corrected chi connectivity index (χ4v) is 3.68. The van der Waals surface area contributed by atoms with E-state index in [1.165, 1.54) is 6.33 Å². The van der Waals surface area contributed by atoms with E-state index in [9.17, 15) is 27.9 Å². The zero-order chi connectivity index (χ0) is 23.8. The van der Waals surface area contributed by atoms with E-state index in [0.29, 0.717) is 43.6 Å². The molecule has 1 aliphatic carbocycles. The van der Waals surface area contributed by atoms with E-state index in [4.69, 9.17) is 0 Å². The van der Waals surface area contributed by atoms with Crippen LogP contribution in [0.2, 0.25) is 0 Å². The Balaban J connectivity index is 1.40. The topological polar surface area (TPSA) is 138 Å². The molecular weight excluding hydrogens is 443 g/mol. The number of aromatic nitrogens is 5. The van der Waals surface area contributed by atoms with E-state index >= 15 is 0 Å². The Bertz CT molecular complexity index is 1150. The van der Waals surface area contributed by atoms with Gasteiger partial charge in [-0.25, -0.2) is 15.0 Å². The lowest BCUT2D eigenvalue weighted by Crippen LogP contribution is -2.57. The molecule has 0 bridgehead atoms. The summed E-state index contributed by atoms with van der Waals surface area (Å²) in [4.78, 5) is 40.5. The minimum Gasteiger partial charge on any atom is -0.373 e. The first kappa shape index (κ1) is 22.7. The van der Waals surface area contributed by atoms with Crippen LogP contribution < -0.4 is 10.6 Å². The van der Waals surface area contributed by atoms with Gasteiger partial charge in [-0.1, -0.05) is 0 Å². The average Bonchev–Trinajstić information content (AvgIpc) is 3.45. The van der Waals surface area contributed by atoms with E-state index in [-0.39, 0.29) is 17.7 Å². The van der Waals surface area contributed by atoms with Crippen LogP contribution in [0.15, 0.2) is 31.0 Å². The maximum absolute atomic E-state index is 13.0. The predicted octanol–water partition coefficient (Wildman–Crippen LogP) is 1.61. The summed E-state index contributed by atoms with van der Waals surface area (Å²) in [5.41, 5.74) is -2.27. The van der Waals surface area contributed by atoms with Crippen molar-refractivity contribution >= 4 is 22.8 Å². The van der Waals surface area contributed by atoms with E-state index in [2.05, 4.69) is 30.6 Å². The third-order valence-corrected chi connectivity index (χ3v) is 5.74. The van der Waals surface area contributed by atoms with Gasteiger partial charge in [0.2, 0.25) is 11.5 Å². The van der Waals surface area contributed by atoms with Crippen molar-refractivity contribution in [3.05, 3.63) is 36.7 Å². The minimum atomic E-state index is -5.07. The smallest absolute Gasteiger partial charge is 0.373 e. The highest BCUT2D eigenvalue weighted by Crippen LogP contribution is 2.31. The van der Waals surface area contributed by atoms with Crippen LogP contribution in [0.5, 0.6) is 0 Å². The van der Waals surface area contributed by atoms with Crippen molar-refractivity contribution < 1.29 is 27.9 Å². The van der Waals surface area contributed by atoms with Crippen molar-refractivity contribution in [1.82, 2.24) is 35.1 Å². The molecule has 176 valence electrons. The van der Waals surface area contributed by atoms with Gasteiger partial charge in [0.25, 0.3) is 11.8 Å². The number of alkyl halides is 3. The molecule has 4 rings (SSSR count). The van der Waals surface area contributed by atoms with Gasteiger partial charge in [-0.15, -0.1) is 0 Å². The van der Waals surface area contributed by atoms with Crippen LogP contribution in [-0.4, -0.2) is 65.3 Å². The zero-order valence-electron chi connectivity index (χ0n) is 17.6. The monoisotopic (exact) mass is 465 g/mol. The number of hydrogen-bond acceptors (Lipinski definition) is 6. The Morgan fingerprint density at radius 3 is 2.42 bits per heavy atom. The van der Waals surface area contributed by atoms with E-state index in [0.717, 1.165) is 0 Å². The van der Waals surface area contributed by atoms with Crippen molar-refractivity contribution in [2.45, 2.75) is 56.5 Å². The number of H-pyrrole nitrogens is 1. The van der Waals surface area contributed by atoms with Crippen molar-refractivity contribution in [3.8, 4) is 5.95 Å². The summed E-state index contributed by atoms with van der Waals surface area (Å²) in [6.07, 6.45) is 2.91. The first-order valence-electron chi connectivity index (χ1n) is 10.3. The molecule has 0 saturated heterocycles. The van der Waals surface area contributed by atoms with Gasteiger partial charge in [-0.05, 0) is 38.7 Å². The number of nitrogens with one attached hydrogen (secondary N) is 3. The summed E-state index contributed by atoms with van der Waals surface area (Å²) in [5, 5.41) is 14.7. The fourth-order valence-electron chi connectivity index (χ4n) is 3.68. The van der Waals surface area contributed by atoms with Crippen molar-refractivity contribution in [3.63, 3.8) is 0 Å². The number of fused-ring (bicyclic) bond motifs is 1. The lowest BCUT2D eigenvalue weighted by Gasteiger charge is -2.32. The van der Waals surface area contributed by atoms with Crippen molar-refractivity contribution in [1.29, 1.82) is 0 Å². The first-order valence-corrected chi connectivity index (χ1v) is 10.3. The summed E-state index contributed by atoms with van der Waals surface area (Å²) in [7, 11) is 0. The molecule has 13 heteroatoms. The van der Waals surface area contributed by atoms with Gasteiger partial charge in [0.05, 0.1) is 11.0 Å². The molecule has 3 aromatic rings. The number of amides is 2. The molecule has 0 aliphatic heterocycles. The molecule has 0 unspecified atom stereocenters. The molecule has 1 aliphatic rings. The fraction of sp³-hybridized carbons (Fsp3) is 0.450. The standard InChI is InChI=1S/C20H22F3N7O3/c1-19(33,20(21,22)23)17(32)27-12-4-2-11(3-5-12)26-16(31)15-14-13(6-7-25-14)28-18(29-15)30-9-8-24-10-30/h6-12,25,33H,2-5H2,1H3,(H,26,31)(H,27,32)/t11?,12?,19-/m0/s1. The number of carbonyl (C=O) groups excluding carboxylic acids is 2. The molecule has 1 atom stereocenters. The van der Waals surface area contributed by atoms with Crippen molar-refractivity contribution in [2.24, 2.45) is 0 Å². The van der Waals surface area contributed by atoms with Crippen LogP contribution in [0, 0.1) is 0 Å². The van der Waals surface area contributed by atoms with Crippen molar-refractivity contribution in [2.75, 3.05) is 0 Å². The molecule has 3 heterocycles. The maximum atomic E-state index is 13.0. The van der Waals surface area contributed by atoms with Crippen LogP contribution in [0.1, 0.15) is 43.1 Å². The summed E-state index contributed by atoms with van der Waals surface area (Å²) >= 11 is 0. The molecular formula is C20H22F3N7O3. The normalized spacial score (nSPS) is 20.9. The molecule has 0 radical (unpaired) electrons. The summed E-state index contributed by atoms with van der Waals surface area (Å²) in [5.74, 6) is -1.61. The molecule has 3 aromatic heterocycles. The number of aromatic amines is 1. The van der Waals surface area contributed by atoms with Crippen LogP contribution in [0.3, 0.4) is 0 Å². The quantitative estimate of drug-likeness (QED) is 0.452. The predicted molar refractivity (Wildman–Crippen MR) is 109 cm³/mol. The number of imidazole rings is 1. The number of aliphatic hydroxyl groups is 1. The second-order valence-corrected chi connectivity index (χ2v) is 8.15. The van der Waals surface area contributed by atoms with Gasteiger partial charge in [0.1, 0.15) is 6.33 Å². The minimum absolute atomic E-state index is 0.158. The summed E-state index contributed by atoms with van der Waals surface area (Å²) < 4.78 is 40.1.